The van der Waals surface area contributed by atoms with Gasteiger partial charge in [-0.1, -0.05) is 38.1 Å². The van der Waals surface area contributed by atoms with Gasteiger partial charge in [0.05, 0.1) is 45.3 Å². The SMILES string of the molecule is Cc1nc(C)c(-n2cccn2)cc1Oc1cnc2c(c1)c1nc3ccccc3n1c1cccc(C(C)C)c21. The van der Waals surface area contributed by atoms with Crippen LogP contribution in [0.15, 0.2) is 79.3 Å². The van der Waals surface area contributed by atoms with E-state index in [9.17, 15) is 0 Å². The number of para-hydroxylation sites is 2. The van der Waals surface area contributed by atoms with Gasteiger partial charge >= 0.3 is 0 Å². The molecular weight excluding hydrogens is 472 g/mol. The van der Waals surface area contributed by atoms with Gasteiger partial charge in [-0.15, -0.1) is 0 Å². The molecule has 0 unspecified atom stereocenters. The van der Waals surface area contributed by atoms with Crippen LogP contribution in [0, 0.1) is 13.8 Å². The van der Waals surface area contributed by atoms with Crippen molar-refractivity contribution >= 4 is 38.5 Å². The van der Waals surface area contributed by atoms with E-state index in [1.54, 1.807) is 17.1 Å². The smallest absolute Gasteiger partial charge is 0.150 e. The van der Waals surface area contributed by atoms with E-state index in [2.05, 4.69) is 59.7 Å². The summed E-state index contributed by atoms with van der Waals surface area (Å²) in [6, 6.07) is 20.7. The van der Waals surface area contributed by atoms with Crippen LogP contribution in [0.3, 0.4) is 0 Å². The molecule has 0 aliphatic carbocycles. The average molecular weight is 499 g/mol. The summed E-state index contributed by atoms with van der Waals surface area (Å²) < 4.78 is 10.5. The van der Waals surface area contributed by atoms with Gasteiger partial charge in [0.2, 0.25) is 0 Å². The Morgan fingerprint density at radius 3 is 2.53 bits per heavy atom. The highest BCUT2D eigenvalue weighted by atomic mass is 16.5. The molecule has 7 aromatic rings. The van der Waals surface area contributed by atoms with Gasteiger partial charge in [-0.3, -0.25) is 14.4 Å². The van der Waals surface area contributed by atoms with Crippen molar-refractivity contribution in [3.8, 4) is 17.2 Å². The Morgan fingerprint density at radius 1 is 0.868 bits per heavy atom. The Hall–Kier alpha value is -4.78. The third-order valence-corrected chi connectivity index (χ3v) is 7.15. The number of aryl methyl sites for hydroxylation is 2. The lowest BCUT2D eigenvalue weighted by molar-refractivity contribution is 0.473. The summed E-state index contributed by atoms with van der Waals surface area (Å²) in [5.74, 6) is 1.64. The molecule has 5 heterocycles. The summed E-state index contributed by atoms with van der Waals surface area (Å²) in [4.78, 5) is 14.7. The summed E-state index contributed by atoms with van der Waals surface area (Å²) in [7, 11) is 0. The predicted molar refractivity (Wildman–Crippen MR) is 151 cm³/mol. The van der Waals surface area contributed by atoms with Crippen LogP contribution in [0.2, 0.25) is 0 Å². The van der Waals surface area contributed by atoms with Crippen LogP contribution < -0.4 is 4.74 Å². The second kappa shape index (κ2) is 8.38. The van der Waals surface area contributed by atoms with E-state index in [0.29, 0.717) is 17.4 Å². The maximum Gasteiger partial charge on any atom is 0.150 e. The normalized spacial score (nSPS) is 11.9. The van der Waals surface area contributed by atoms with Crippen molar-refractivity contribution in [1.29, 1.82) is 0 Å². The van der Waals surface area contributed by atoms with E-state index in [4.69, 9.17) is 19.7 Å². The minimum absolute atomic E-state index is 0.342. The summed E-state index contributed by atoms with van der Waals surface area (Å²) in [5.41, 5.74) is 8.74. The fraction of sp³-hybridized carbons (Fsp3) is 0.161. The molecule has 0 fully saturated rings. The van der Waals surface area contributed by atoms with Crippen molar-refractivity contribution in [2.24, 2.45) is 0 Å². The van der Waals surface area contributed by atoms with E-state index in [1.807, 2.05) is 44.3 Å². The van der Waals surface area contributed by atoms with Crippen molar-refractivity contribution < 1.29 is 4.74 Å². The number of nitrogens with zero attached hydrogens (tertiary/aromatic N) is 6. The van der Waals surface area contributed by atoms with E-state index < -0.39 is 0 Å². The first kappa shape index (κ1) is 22.4. The summed E-state index contributed by atoms with van der Waals surface area (Å²) in [6.45, 7) is 8.37. The molecule has 7 rings (SSSR count). The zero-order valence-corrected chi connectivity index (χ0v) is 21.7. The first-order valence-electron chi connectivity index (χ1n) is 12.8. The summed E-state index contributed by atoms with van der Waals surface area (Å²) >= 11 is 0. The van der Waals surface area contributed by atoms with Crippen LogP contribution in [-0.4, -0.2) is 29.1 Å². The fourth-order valence-electron chi connectivity index (χ4n) is 5.38. The number of benzene rings is 2. The van der Waals surface area contributed by atoms with Crippen LogP contribution >= 0.6 is 0 Å². The molecule has 0 aliphatic heterocycles. The van der Waals surface area contributed by atoms with E-state index in [0.717, 1.165) is 55.6 Å². The molecule has 0 aliphatic rings. The highest BCUT2D eigenvalue weighted by molar-refractivity contribution is 6.13. The number of ether oxygens (including phenoxy) is 1. The second-order valence-corrected chi connectivity index (χ2v) is 9.95. The molecule has 0 amide bonds. The fourth-order valence-corrected chi connectivity index (χ4v) is 5.38. The van der Waals surface area contributed by atoms with Crippen LogP contribution in [0.5, 0.6) is 11.5 Å². The van der Waals surface area contributed by atoms with E-state index >= 15 is 0 Å². The lowest BCUT2D eigenvalue weighted by atomic mass is 9.96. The van der Waals surface area contributed by atoms with Gasteiger partial charge < -0.3 is 4.74 Å². The molecule has 0 atom stereocenters. The summed E-state index contributed by atoms with van der Waals surface area (Å²) in [6.07, 6.45) is 5.45. The summed E-state index contributed by atoms with van der Waals surface area (Å²) in [5, 5.41) is 6.47. The van der Waals surface area contributed by atoms with Crippen LogP contribution in [0.4, 0.5) is 0 Å². The van der Waals surface area contributed by atoms with Crippen molar-refractivity contribution in [1.82, 2.24) is 29.1 Å². The number of fused-ring (bicyclic) bond motifs is 8. The number of aromatic nitrogens is 6. The molecule has 5 aromatic heterocycles. The number of imidazole rings is 1. The monoisotopic (exact) mass is 498 g/mol. The minimum atomic E-state index is 0.342. The quantitative estimate of drug-likeness (QED) is 0.238. The molecule has 0 saturated heterocycles. The third-order valence-electron chi connectivity index (χ3n) is 7.15. The number of hydrogen-bond donors (Lipinski definition) is 0. The molecule has 7 nitrogen and oxygen atoms in total. The van der Waals surface area contributed by atoms with E-state index in [1.165, 1.54) is 5.56 Å². The maximum atomic E-state index is 6.42. The first-order valence-corrected chi connectivity index (χ1v) is 12.8. The Kier molecular flexibility index (Phi) is 4.94. The Labute approximate surface area is 219 Å². The molecule has 0 radical (unpaired) electrons. The molecule has 7 heteroatoms. The van der Waals surface area contributed by atoms with Gasteiger partial charge in [0.25, 0.3) is 0 Å². The molecule has 38 heavy (non-hydrogen) atoms. The van der Waals surface area contributed by atoms with Gasteiger partial charge in [0.1, 0.15) is 11.4 Å². The highest BCUT2D eigenvalue weighted by Gasteiger charge is 2.19. The maximum absolute atomic E-state index is 6.42. The lowest BCUT2D eigenvalue weighted by Gasteiger charge is -2.16. The van der Waals surface area contributed by atoms with Crippen LogP contribution in [-0.2, 0) is 0 Å². The topological polar surface area (TPSA) is 70.1 Å². The number of pyridine rings is 3. The van der Waals surface area contributed by atoms with Crippen LogP contribution in [0.25, 0.3) is 44.2 Å². The predicted octanol–water partition coefficient (Wildman–Crippen LogP) is 7.30. The molecule has 0 spiro atoms. The van der Waals surface area contributed by atoms with Gasteiger partial charge in [0.15, 0.2) is 5.75 Å². The van der Waals surface area contributed by atoms with Crippen LogP contribution in [0.1, 0.15) is 36.7 Å². The minimum Gasteiger partial charge on any atom is -0.454 e. The number of hydrogen-bond acceptors (Lipinski definition) is 5. The Balaban J connectivity index is 1.49. The zero-order valence-electron chi connectivity index (χ0n) is 21.7. The average Bonchev–Trinajstić information content (AvgIpc) is 3.58. The lowest BCUT2D eigenvalue weighted by Crippen LogP contribution is -2.03. The van der Waals surface area contributed by atoms with Gasteiger partial charge in [-0.25, -0.2) is 9.67 Å². The Bertz CT molecular complexity index is 2000. The zero-order chi connectivity index (χ0) is 26.0. The molecule has 2 aromatic carbocycles. The standard InChI is InChI=1S/C31H26N6O/c1-18(2)22-9-7-12-26-29(22)30-23(31-35-24-10-5-6-11-25(24)37(26)31)15-21(17-32-30)38-28-16-27(19(3)34-20(28)4)36-14-8-13-33-36/h5-18H,1-4H3. The van der Waals surface area contributed by atoms with Crippen molar-refractivity contribution in [3.05, 3.63) is 96.2 Å². The largest absolute Gasteiger partial charge is 0.454 e. The number of rotatable bonds is 4. The van der Waals surface area contributed by atoms with Gasteiger partial charge in [0, 0.05) is 29.2 Å². The third kappa shape index (κ3) is 3.35. The highest BCUT2D eigenvalue weighted by Crippen LogP contribution is 2.37. The first-order chi connectivity index (χ1) is 18.5. The van der Waals surface area contributed by atoms with Gasteiger partial charge in [-0.2, -0.15) is 5.10 Å². The van der Waals surface area contributed by atoms with Crippen molar-refractivity contribution in [3.63, 3.8) is 0 Å². The molecule has 0 saturated carbocycles. The van der Waals surface area contributed by atoms with Crippen molar-refractivity contribution in [2.45, 2.75) is 33.6 Å². The second-order valence-electron chi connectivity index (χ2n) is 9.95. The molecular formula is C31H26N6O. The molecule has 0 N–H and O–H groups in total. The van der Waals surface area contributed by atoms with Crippen molar-refractivity contribution in [2.75, 3.05) is 0 Å². The molecule has 0 bridgehead atoms. The molecule has 186 valence electrons. The van der Waals surface area contributed by atoms with E-state index in [-0.39, 0.29) is 0 Å². The Morgan fingerprint density at radius 2 is 1.71 bits per heavy atom. The van der Waals surface area contributed by atoms with Gasteiger partial charge in [-0.05, 0) is 55.7 Å².